The van der Waals surface area contributed by atoms with Gasteiger partial charge in [0.15, 0.2) is 6.10 Å². The van der Waals surface area contributed by atoms with Gasteiger partial charge in [0.25, 0.3) is 5.91 Å². The van der Waals surface area contributed by atoms with Crippen LogP contribution in [0.2, 0.25) is 0 Å². The van der Waals surface area contributed by atoms with Gasteiger partial charge in [-0.05, 0) is 48.9 Å². The Morgan fingerprint density at radius 1 is 1.14 bits per heavy atom. The highest BCUT2D eigenvalue weighted by Crippen LogP contribution is 2.26. The largest absolute Gasteiger partial charge is 0.490 e. The lowest BCUT2D eigenvalue weighted by Crippen LogP contribution is -2.30. The van der Waals surface area contributed by atoms with E-state index in [0.717, 1.165) is 29.7 Å². The molecule has 0 aliphatic heterocycles. The van der Waals surface area contributed by atoms with Crippen molar-refractivity contribution in [1.82, 2.24) is 5.32 Å². The van der Waals surface area contributed by atoms with Crippen LogP contribution in [0.1, 0.15) is 48.5 Å². The van der Waals surface area contributed by atoms with E-state index in [4.69, 9.17) is 20.6 Å². The molecule has 2 aromatic rings. The molecule has 1 unspecified atom stereocenters. The van der Waals surface area contributed by atoms with Crippen LogP contribution < -0.4 is 15.8 Å². The second-order valence-electron chi connectivity index (χ2n) is 7.04. The number of carbonyl (C=O) groups excluding carboxylic acids is 1. The predicted molar refractivity (Wildman–Crippen MR) is 116 cm³/mol. The first kappa shape index (κ1) is 22.7. The molecule has 1 amide bonds. The van der Waals surface area contributed by atoms with Crippen molar-refractivity contribution in [2.24, 2.45) is 5.73 Å². The third-order valence-corrected chi connectivity index (χ3v) is 4.99. The van der Waals surface area contributed by atoms with Gasteiger partial charge in [0, 0.05) is 19.2 Å². The molecule has 0 spiro atoms. The number of halogens is 1. The number of rotatable bonds is 8. The van der Waals surface area contributed by atoms with Crippen LogP contribution in [0.3, 0.4) is 0 Å². The van der Waals surface area contributed by atoms with Gasteiger partial charge in [-0.25, -0.2) is 0 Å². The Morgan fingerprint density at radius 2 is 1.76 bits per heavy atom. The quantitative estimate of drug-likeness (QED) is 0.450. The highest BCUT2D eigenvalue weighted by atomic mass is 35.5. The van der Waals surface area contributed by atoms with Crippen LogP contribution in [-0.4, -0.2) is 25.0 Å². The number of benzene rings is 2. The third-order valence-electron chi connectivity index (χ3n) is 4.99. The number of methoxy groups -OCH3 is 1. The van der Waals surface area contributed by atoms with Crippen LogP contribution in [-0.2, 0) is 16.1 Å². The number of amides is 1. The van der Waals surface area contributed by atoms with Gasteiger partial charge in [0.2, 0.25) is 0 Å². The summed E-state index contributed by atoms with van der Waals surface area (Å²) in [5.41, 5.74) is 7.82. The molecule has 1 aliphatic carbocycles. The van der Waals surface area contributed by atoms with Gasteiger partial charge in [0.05, 0.1) is 6.10 Å². The second-order valence-corrected chi connectivity index (χ2v) is 7.04. The van der Waals surface area contributed by atoms with E-state index in [9.17, 15) is 4.79 Å². The lowest BCUT2D eigenvalue weighted by Gasteiger charge is -2.17. The van der Waals surface area contributed by atoms with Crippen LogP contribution in [0.15, 0.2) is 48.5 Å². The highest BCUT2D eigenvalue weighted by Gasteiger charge is 2.21. The lowest BCUT2D eigenvalue weighted by molar-refractivity contribution is -0.131. The van der Waals surface area contributed by atoms with Crippen molar-refractivity contribution in [1.29, 1.82) is 5.41 Å². The van der Waals surface area contributed by atoms with E-state index in [1.54, 1.807) is 12.1 Å². The van der Waals surface area contributed by atoms with E-state index in [1.807, 2.05) is 36.4 Å². The Morgan fingerprint density at radius 3 is 2.31 bits per heavy atom. The second kappa shape index (κ2) is 10.8. The Balaban J connectivity index is 0.00000300. The van der Waals surface area contributed by atoms with Crippen molar-refractivity contribution >= 4 is 24.1 Å². The van der Waals surface area contributed by atoms with E-state index >= 15 is 0 Å². The first-order valence-electron chi connectivity index (χ1n) is 9.57. The number of nitrogen functional groups attached to an aromatic ring is 1. The summed E-state index contributed by atoms with van der Waals surface area (Å²) in [6, 6.07) is 14.8. The maximum atomic E-state index is 12.6. The number of nitrogens with one attached hydrogen (secondary N) is 2. The predicted octanol–water partition coefficient (Wildman–Crippen LogP) is 3.72. The molecule has 29 heavy (non-hydrogen) atoms. The monoisotopic (exact) mass is 417 g/mol. The van der Waals surface area contributed by atoms with Gasteiger partial charge in [-0.3, -0.25) is 10.2 Å². The first-order valence-corrected chi connectivity index (χ1v) is 9.57. The summed E-state index contributed by atoms with van der Waals surface area (Å²) in [4.78, 5) is 12.6. The standard InChI is InChI=1S/C22H27N3O3.ClH/c1-27-20(16-10-12-19(13-11-16)28-18-4-2-3-5-18)22(26)25-14-15-6-8-17(9-7-15)21(23)24;/h6-13,18,20H,2-5,14H2,1H3,(H3,23,24)(H,25,26);1H. The van der Waals surface area contributed by atoms with E-state index in [0.29, 0.717) is 18.2 Å². The van der Waals surface area contributed by atoms with Gasteiger partial charge < -0.3 is 20.5 Å². The molecule has 1 aliphatic rings. The molecule has 2 aromatic carbocycles. The summed E-state index contributed by atoms with van der Waals surface area (Å²) in [5, 5.41) is 10.3. The van der Waals surface area contributed by atoms with E-state index < -0.39 is 6.10 Å². The average molecular weight is 418 g/mol. The topological polar surface area (TPSA) is 97.4 Å². The minimum Gasteiger partial charge on any atom is -0.490 e. The number of hydrogen-bond donors (Lipinski definition) is 3. The van der Waals surface area contributed by atoms with Crippen LogP contribution in [0.5, 0.6) is 5.75 Å². The van der Waals surface area contributed by atoms with E-state index in [2.05, 4.69) is 5.32 Å². The molecule has 1 fully saturated rings. The maximum Gasteiger partial charge on any atom is 0.254 e. The Bertz CT molecular complexity index is 803. The number of hydrogen-bond acceptors (Lipinski definition) is 4. The van der Waals surface area contributed by atoms with Gasteiger partial charge in [0.1, 0.15) is 11.6 Å². The molecule has 3 rings (SSSR count). The molecular formula is C22H28ClN3O3. The highest BCUT2D eigenvalue weighted by molar-refractivity contribution is 5.94. The van der Waals surface area contributed by atoms with E-state index in [1.165, 1.54) is 20.0 Å². The summed E-state index contributed by atoms with van der Waals surface area (Å²) >= 11 is 0. The molecule has 156 valence electrons. The summed E-state index contributed by atoms with van der Waals surface area (Å²) in [7, 11) is 1.52. The molecule has 1 atom stereocenters. The zero-order chi connectivity index (χ0) is 19.9. The Kier molecular flexibility index (Phi) is 8.49. The number of amidine groups is 1. The molecule has 4 N–H and O–H groups in total. The Hall–Kier alpha value is -2.57. The minimum absolute atomic E-state index is 0. The molecule has 0 bridgehead atoms. The summed E-state index contributed by atoms with van der Waals surface area (Å²) in [5.74, 6) is 0.648. The Labute approximate surface area is 177 Å². The van der Waals surface area contributed by atoms with Crippen molar-refractivity contribution in [3.8, 4) is 5.75 Å². The first-order chi connectivity index (χ1) is 13.6. The fourth-order valence-corrected chi connectivity index (χ4v) is 3.40. The van der Waals surface area contributed by atoms with Crippen LogP contribution in [0, 0.1) is 5.41 Å². The van der Waals surface area contributed by atoms with Crippen molar-refractivity contribution < 1.29 is 14.3 Å². The molecule has 1 saturated carbocycles. The van der Waals surface area contributed by atoms with Gasteiger partial charge in [-0.2, -0.15) is 0 Å². The molecule has 6 nitrogen and oxygen atoms in total. The van der Waals surface area contributed by atoms with Crippen molar-refractivity contribution in [2.45, 2.75) is 44.4 Å². The lowest BCUT2D eigenvalue weighted by atomic mass is 10.1. The van der Waals surface area contributed by atoms with E-state index in [-0.39, 0.29) is 24.1 Å². The molecule has 0 radical (unpaired) electrons. The maximum absolute atomic E-state index is 12.6. The minimum atomic E-state index is -0.683. The van der Waals surface area contributed by atoms with Crippen molar-refractivity contribution in [3.05, 3.63) is 65.2 Å². The summed E-state index contributed by atoms with van der Waals surface area (Å²) in [6.45, 7) is 0.375. The van der Waals surface area contributed by atoms with Crippen LogP contribution >= 0.6 is 12.4 Å². The van der Waals surface area contributed by atoms with Crippen molar-refractivity contribution in [3.63, 3.8) is 0 Å². The summed E-state index contributed by atoms with van der Waals surface area (Å²) in [6.07, 6.45) is 4.30. The fraction of sp³-hybridized carbons (Fsp3) is 0.364. The van der Waals surface area contributed by atoms with Crippen molar-refractivity contribution in [2.75, 3.05) is 7.11 Å². The zero-order valence-electron chi connectivity index (χ0n) is 16.5. The third kappa shape index (κ3) is 6.21. The fourth-order valence-electron chi connectivity index (χ4n) is 3.40. The van der Waals surface area contributed by atoms with Crippen LogP contribution in [0.4, 0.5) is 0 Å². The van der Waals surface area contributed by atoms with Gasteiger partial charge in [-0.1, -0.05) is 36.4 Å². The number of carbonyl (C=O) groups is 1. The number of nitrogens with two attached hydrogens (primary N) is 1. The number of ether oxygens (including phenoxy) is 2. The van der Waals surface area contributed by atoms with Crippen LogP contribution in [0.25, 0.3) is 0 Å². The van der Waals surface area contributed by atoms with Gasteiger partial charge in [-0.15, -0.1) is 12.4 Å². The normalized spacial score (nSPS) is 14.7. The molecule has 0 heterocycles. The molecular weight excluding hydrogens is 390 g/mol. The summed E-state index contributed by atoms with van der Waals surface area (Å²) < 4.78 is 11.4. The molecule has 7 heteroatoms. The average Bonchev–Trinajstić information content (AvgIpc) is 3.21. The van der Waals surface area contributed by atoms with Gasteiger partial charge >= 0.3 is 0 Å². The zero-order valence-corrected chi connectivity index (χ0v) is 17.3. The molecule has 0 aromatic heterocycles. The molecule has 0 saturated heterocycles. The smallest absolute Gasteiger partial charge is 0.254 e. The SMILES string of the molecule is COC(C(=O)NCc1ccc(C(=N)N)cc1)c1ccc(OC2CCCC2)cc1.Cl.